The van der Waals surface area contributed by atoms with Gasteiger partial charge in [0.15, 0.2) is 0 Å². The third kappa shape index (κ3) is 2.88. The number of aliphatic hydroxyl groups excluding tert-OH is 3. The zero-order valence-corrected chi connectivity index (χ0v) is 10.3. The average molecular weight is 249 g/mol. The highest BCUT2D eigenvalue weighted by Gasteiger charge is 2.43. The summed E-state index contributed by atoms with van der Waals surface area (Å²) >= 11 is 1.52. The fraction of sp³-hybridized carbons (Fsp3) is 0.900. The molecule has 0 aromatic carbocycles. The van der Waals surface area contributed by atoms with Gasteiger partial charge in [-0.1, -0.05) is 0 Å². The largest absolute Gasteiger partial charge is 0.396 e. The van der Waals surface area contributed by atoms with E-state index in [-0.39, 0.29) is 23.7 Å². The van der Waals surface area contributed by atoms with Crippen molar-refractivity contribution in [2.75, 3.05) is 12.9 Å². The van der Waals surface area contributed by atoms with Crippen molar-refractivity contribution in [1.82, 2.24) is 5.32 Å². The molecule has 0 heterocycles. The number of hydrogen-bond donors (Lipinski definition) is 4. The second kappa shape index (κ2) is 5.86. The van der Waals surface area contributed by atoms with Gasteiger partial charge >= 0.3 is 0 Å². The summed E-state index contributed by atoms with van der Waals surface area (Å²) in [6.07, 6.45) is 0.469. The van der Waals surface area contributed by atoms with Crippen molar-refractivity contribution in [3.05, 3.63) is 0 Å². The van der Waals surface area contributed by atoms with Gasteiger partial charge in [0.1, 0.15) is 6.10 Å². The average Bonchev–Trinajstić information content (AvgIpc) is 2.25. The van der Waals surface area contributed by atoms with E-state index in [2.05, 4.69) is 5.32 Å². The summed E-state index contributed by atoms with van der Waals surface area (Å²) in [5.74, 6) is -0.546. The zero-order valence-electron chi connectivity index (χ0n) is 9.46. The number of hydrogen-bond acceptors (Lipinski definition) is 5. The highest BCUT2D eigenvalue weighted by atomic mass is 32.2. The Morgan fingerprint density at radius 1 is 1.44 bits per heavy atom. The summed E-state index contributed by atoms with van der Waals surface area (Å²) in [6, 6.07) is -0.453. The molecule has 1 fully saturated rings. The Morgan fingerprint density at radius 3 is 2.50 bits per heavy atom. The van der Waals surface area contributed by atoms with Gasteiger partial charge in [0, 0.05) is 24.7 Å². The first-order chi connectivity index (χ1) is 7.51. The first kappa shape index (κ1) is 13.8. The van der Waals surface area contributed by atoms with Gasteiger partial charge in [-0.25, -0.2) is 0 Å². The number of nitrogens with one attached hydrogen (secondary N) is 1. The Morgan fingerprint density at radius 2 is 2.06 bits per heavy atom. The fourth-order valence-corrected chi connectivity index (χ4v) is 3.10. The third-order valence-electron chi connectivity index (χ3n) is 3.04. The molecule has 0 aliphatic heterocycles. The van der Waals surface area contributed by atoms with Crippen LogP contribution < -0.4 is 5.32 Å². The fourth-order valence-electron chi connectivity index (χ4n) is 2.13. The van der Waals surface area contributed by atoms with Crippen molar-refractivity contribution in [1.29, 1.82) is 0 Å². The molecular weight excluding hydrogens is 230 g/mol. The van der Waals surface area contributed by atoms with Crippen molar-refractivity contribution >= 4 is 17.7 Å². The molecule has 6 heteroatoms. The molecule has 0 spiro atoms. The topological polar surface area (TPSA) is 89.8 Å². The Kier molecular flexibility index (Phi) is 5.04. The van der Waals surface area contributed by atoms with Gasteiger partial charge in [0.2, 0.25) is 5.91 Å². The lowest BCUT2D eigenvalue weighted by atomic mass is 9.81. The van der Waals surface area contributed by atoms with Gasteiger partial charge in [-0.3, -0.25) is 4.79 Å². The van der Waals surface area contributed by atoms with Crippen LogP contribution in [0.2, 0.25) is 0 Å². The Labute approximate surface area is 99.2 Å². The molecule has 0 radical (unpaired) electrons. The lowest BCUT2D eigenvalue weighted by Gasteiger charge is -2.41. The van der Waals surface area contributed by atoms with Crippen LogP contribution in [0.15, 0.2) is 0 Å². The molecule has 94 valence electrons. The van der Waals surface area contributed by atoms with E-state index in [1.165, 1.54) is 18.7 Å². The molecule has 0 unspecified atom stereocenters. The number of carbonyl (C=O) groups excluding carboxylic acids is 1. The normalized spacial score (nSPS) is 39.4. The molecule has 1 aliphatic rings. The monoisotopic (exact) mass is 249 g/mol. The molecule has 1 amide bonds. The molecular formula is C10H19NO4S. The van der Waals surface area contributed by atoms with E-state index in [1.54, 1.807) is 0 Å². The highest BCUT2D eigenvalue weighted by Crippen LogP contribution is 2.31. The standard InChI is InChI=1S/C10H19NO4S/c1-5(13)11-8-7(16-2)3-6(4-12)9(14)10(8)15/h6-10,12,14-15H,3-4H2,1-2H3,(H,11,13)/t6-,7+,8+,9+,10-/m1/s1. The van der Waals surface area contributed by atoms with Crippen LogP contribution in [0.3, 0.4) is 0 Å². The van der Waals surface area contributed by atoms with Crippen molar-refractivity contribution in [2.24, 2.45) is 5.92 Å². The van der Waals surface area contributed by atoms with E-state index in [9.17, 15) is 15.0 Å². The van der Waals surface area contributed by atoms with Crippen molar-refractivity contribution < 1.29 is 20.1 Å². The Bertz CT molecular complexity index is 249. The van der Waals surface area contributed by atoms with E-state index >= 15 is 0 Å². The summed E-state index contributed by atoms with van der Waals surface area (Å²) in [4.78, 5) is 11.0. The van der Waals surface area contributed by atoms with Crippen LogP contribution in [0, 0.1) is 5.92 Å². The maximum Gasteiger partial charge on any atom is 0.217 e. The number of aliphatic hydroxyl groups is 3. The Hall–Kier alpha value is -0.300. The molecule has 0 bridgehead atoms. The van der Waals surface area contributed by atoms with Crippen molar-refractivity contribution in [2.45, 2.75) is 36.8 Å². The molecule has 4 N–H and O–H groups in total. The van der Waals surface area contributed by atoms with E-state index < -0.39 is 18.2 Å². The lowest BCUT2D eigenvalue weighted by molar-refractivity contribution is -0.123. The molecule has 5 nitrogen and oxygen atoms in total. The van der Waals surface area contributed by atoms with Crippen LogP contribution in [0.5, 0.6) is 0 Å². The molecule has 0 aromatic heterocycles. The molecule has 5 atom stereocenters. The zero-order chi connectivity index (χ0) is 12.3. The van der Waals surface area contributed by atoms with Gasteiger partial charge < -0.3 is 20.6 Å². The quantitative estimate of drug-likeness (QED) is 0.513. The predicted octanol–water partition coefficient (Wildman–Crippen LogP) is -1.04. The van der Waals surface area contributed by atoms with Crippen molar-refractivity contribution in [3.8, 4) is 0 Å². The minimum Gasteiger partial charge on any atom is -0.396 e. The first-order valence-corrected chi connectivity index (χ1v) is 6.57. The van der Waals surface area contributed by atoms with E-state index in [0.29, 0.717) is 6.42 Å². The maximum absolute atomic E-state index is 11.0. The minimum atomic E-state index is -1.02. The summed E-state index contributed by atoms with van der Waals surface area (Å²) in [6.45, 7) is 1.23. The highest BCUT2D eigenvalue weighted by molar-refractivity contribution is 7.99. The van der Waals surface area contributed by atoms with Gasteiger partial charge in [0.05, 0.1) is 12.1 Å². The summed E-state index contributed by atoms with van der Waals surface area (Å²) in [5, 5.41) is 31.4. The predicted molar refractivity (Wildman–Crippen MR) is 62.1 cm³/mol. The first-order valence-electron chi connectivity index (χ1n) is 5.28. The summed E-state index contributed by atoms with van der Waals surface area (Å²) in [7, 11) is 0. The number of rotatable bonds is 3. The number of thioether (sulfide) groups is 1. The maximum atomic E-state index is 11.0. The molecule has 1 rings (SSSR count). The van der Waals surface area contributed by atoms with E-state index in [4.69, 9.17) is 5.11 Å². The summed E-state index contributed by atoms with van der Waals surface area (Å²) < 4.78 is 0. The van der Waals surface area contributed by atoms with E-state index in [0.717, 1.165) is 0 Å². The van der Waals surface area contributed by atoms with Crippen LogP contribution in [0.1, 0.15) is 13.3 Å². The second-order valence-electron chi connectivity index (χ2n) is 4.16. The Balaban J connectivity index is 2.77. The number of carbonyl (C=O) groups is 1. The number of amides is 1. The second-order valence-corrected chi connectivity index (χ2v) is 5.24. The van der Waals surface area contributed by atoms with Gasteiger partial charge in [-0.15, -0.1) is 0 Å². The van der Waals surface area contributed by atoms with Crippen LogP contribution >= 0.6 is 11.8 Å². The van der Waals surface area contributed by atoms with Gasteiger partial charge in [0.25, 0.3) is 0 Å². The summed E-state index contributed by atoms with van der Waals surface area (Å²) in [5.41, 5.74) is 0. The van der Waals surface area contributed by atoms with Gasteiger partial charge in [-0.2, -0.15) is 11.8 Å². The smallest absolute Gasteiger partial charge is 0.217 e. The van der Waals surface area contributed by atoms with Crippen LogP contribution in [0.4, 0.5) is 0 Å². The SMILES string of the molecule is CS[C@H]1C[C@H](CO)[C@H](O)[C@H](O)[C@H]1NC(C)=O. The van der Waals surface area contributed by atoms with Crippen LogP contribution in [0.25, 0.3) is 0 Å². The minimum absolute atomic E-state index is 0.0134. The molecule has 0 saturated heterocycles. The molecule has 1 aliphatic carbocycles. The molecule has 1 saturated carbocycles. The van der Waals surface area contributed by atoms with Gasteiger partial charge in [-0.05, 0) is 12.7 Å². The van der Waals surface area contributed by atoms with Crippen LogP contribution in [-0.2, 0) is 4.79 Å². The molecule has 0 aromatic rings. The van der Waals surface area contributed by atoms with Crippen molar-refractivity contribution in [3.63, 3.8) is 0 Å². The lowest BCUT2D eigenvalue weighted by Crippen LogP contribution is -2.60. The van der Waals surface area contributed by atoms with E-state index in [1.807, 2.05) is 6.26 Å². The van der Waals surface area contributed by atoms with Crippen LogP contribution in [-0.4, -0.2) is 57.6 Å². The molecule has 16 heavy (non-hydrogen) atoms. The third-order valence-corrected chi connectivity index (χ3v) is 4.13.